The minimum absolute atomic E-state index is 0.259. The molecule has 4 nitrogen and oxygen atoms in total. The maximum Gasteiger partial charge on any atom is 0.255 e. The average molecular weight is 268 g/mol. The van der Waals surface area contributed by atoms with Crippen molar-refractivity contribution in [1.82, 2.24) is 9.97 Å². The molecule has 1 amide bonds. The molecule has 0 bridgehead atoms. The van der Waals surface area contributed by atoms with E-state index in [2.05, 4.69) is 15.3 Å². The monoisotopic (exact) mass is 267 g/mol. The van der Waals surface area contributed by atoms with Crippen molar-refractivity contribution in [2.24, 2.45) is 0 Å². The Labute approximate surface area is 108 Å². The van der Waals surface area contributed by atoms with Gasteiger partial charge in [-0.15, -0.1) is 0 Å². The van der Waals surface area contributed by atoms with Crippen molar-refractivity contribution in [3.63, 3.8) is 0 Å². The molecule has 6 heteroatoms. The number of hydrogen-bond donors (Lipinski definition) is 1. The van der Waals surface area contributed by atoms with Gasteiger partial charge < -0.3 is 5.32 Å². The van der Waals surface area contributed by atoms with Crippen LogP contribution in [-0.4, -0.2) is 15.9 Å². The van der Waals surface area contributed by atoms with Crippen LogP contribution < -0.4 is 5.32 Å². The van der Waals surface area contributed by atoms with Crippen molar-refractivity contribution in [2.75, 3.05) is 5.32 Å². The molecule has 0 spiro atoms. The molecular weight excluding hydrogens is 261 g/mol. The number of nitrogens with one attached hydrogen (secondary N) is 1. The van der Waals surface area contributed by atoms with E-state index >= 15 is 0 Å². The lowest BCUT2D eigenvalue weighted by Gasteiger charge is -2.06. The summed E-state index contributed by atoms with van der Waals surface area (Å²) in [6.07, 6.45) is 4.48. The van der Waals surface area contributed by atoms with E-state index in [1.54, 1.807) is 18.3 Å². The zero-order chi connectivity index (χ0) is 12.3. The van der Waals surface area contributed by atoms with Gasteiger partial charge in [0.2, 0.25) is 0 Å². The van der Waals surface area contributed by atoms with Gasteiger partial charge in [0.05, 0.1) is 16.9 Å². The lowest BCUT2D eigenvalue weighted by molar-refractivity contribution is 0.102. The summed E-state index contributed by atoms with van der Waals surface area (Å²) >= 11 is 11.6. The number of nitrogens with zero attached hydrogens (tertiary/aromatic N) is 2. The van der Waals surface area contributed by atoms with Gasteiger partial charge in [0, 0.05) is 18.0 Å². The molecule has 2 heterocycles. The number of halogens is 2. The predicted molar refractivity (Wildman–Crippen MR) is 66.4 cm³/mol. The first-order valence-corrected chi connectivity index (χ1v) is 5.45. The Morgan fingerprint density at radius 3 is 2.76 bits per heavy atom. The SMILES string of the molecule is O=C(Nc1cnccc1Cl)c1ccnc(Cl)c1. The number of hydrogen-bond acceptors (Lipinski definition) is 3. The van der Waals surface area contributed by atoms with Gasteiger partial charge in [0.1, 0.15) is 5.15 Å². The van der Waals surface area contributed by atoms with Gasteiger partial charge in [-0.25, -0.2) is 4.98 Å². The molecule has 2 aromatic heterocycles. The van der Waals surface area contributed by atoms with E-state index < -0.39 is 0 Å². The molecule has 1 N–H and O–H groups in total. The average Bonchev–Trinajstić information content (AvgIpc) is 2.32. The van der Waals surface area contributed by atoms with Crippen LogP contribution in [0.4, 0.5) is 5.69 Å². The van der Waals surface area contributed by atoms with Gasteiger partial charge in [0.25, 0.3) is 5.91 Å². The summed E-state index contributed by atoms with van der Waals surface area (Å²) in [4.78, 5) is 19.5. The second-order valence-corrected chi connectivity index (χ2v) is 3.97. The first kappa shape index (κ1) is 11.8. The van der Waals surface area contributed by atoms with Crippen LogP contribution in [0.25, 0.3) is 0 Å². The third kappa shape index (κ3) is 2.93. The molecule has 0 fully saturated rings. The number of amides is 1. The van der Waals surface area contributed by atoms with Crippen LogP contribution >= 0.6 is 23.2 Å². The third-order valence-electron chi connectivity index (χ3n) is 2.00. The molecule has 0 aromatic carbocycles. The van der Waals surface area contributed by atoms with Gasteiger partial charge in [-0.2, -0.15) is 0 Å². The number of rotatable bonds is 2. The van der Waals surface area contributed by atoms with Gasteiger partial charge in [-0.1, -0.05) is 23.2 Å². The molecule has 0 atom stereocenters. The zero-order valence-corrected chi connectivity index (χ0v) is 10.0. The maximum atomic E-state index is 11.8. The van der Waals surface area contributed by atoms with E-state index in [0.29, 0.717) is 16.3 Å². The van der Waals surface area contributed by atoms with Crippen LogP contribution in [0.15, 0.2) is 36.8 Å². The number of carbonyl (C=O) groups excluding carboxylic acids is 1. The van der Waals surface area contributed by atoms with E-state index in [1.165, 1.54) is 18.5 Å². The topological polar surface area (TPSA) is 54.9 Å². The highest BCUT2D eigenvalue weighted by atomic mass is 35.5. The molecule has 0 saturated carbocycles. The molecule has 2 aromatic rings. The molecule has 86 valence electrons. The first-order valence-electron chi connectivity index (χ1n) is 4.69. The van der Waals surface area contributed by atoms with Crippen molar-refractivity contribution >= 4 is 34.8 Å². The summed E-state index contributed by atoms with van der Waals surface area (Å²) < 4.78 is 0. The van der Waals surface area contributed by atoms with Gasteiger partial charge in [-0.05, 0) is 18.2 Å². The Morgan fingerprint density at radius 1 is 1.24 bits per heavy atom. The van der Waals surface area contributed by atoms with Crippen LogP contribution in [0.1, 0.15) is 10.4 Å². The summed E-state index contributed by atoms with van der Waals surface area (Å²) in [5, 5.41) is 3.32. The van der Waals surface area contributed by atoms with Crippen LogP contribution in [0.5, 0.6) is 0 Å². The van der Waals surface area contributed by atoms with Crippen molar-refractivity contribution in [1.29, 1.82) is 0 Å². The largest absolute Gasteiger partial charge is 0.319 e. The first-order chi connectivity index (χ1) is 8.16. The summed E-state index contributed by atoms with van der Waals surface area (Å²) in [6.45, 7) is 0. The standard InChI is InChI=1S/C11H7Cl2N3O/c12-8-2-3-14-6-9(8)16-11(17)7-1-4-15-10(13)5-7/h1-6H,(H,16,17). The zero-order valence-electron chi connectivity index (χ0n) is 8.52. The molecule has 0 radical (unpaired) electrons. The summed E-state index contributed by atoms with van der Waals surface area (Å²) in [5.41, 5.74) is 0.858. The van der Waals surface area contributed by atoms with Crippen molar-refractivity contribution < 1.29 is 4.79 Å². The summed E-state index contributed by atoms with van der Waals surface area (Å²) in [7, 11) is 0. The molecule has 0 aliphatic heterocycles. The van der Waals surface area contributed by atoms with E-state index in [0.717, 1.165) is 0 Å². The molecule has 0 aliphatic carbocycles. The van der Waals surface area contributed by atoms with E-state index in [4.69, 9.17) is 23.2 Å². The van der Waals surface area contributed by atoms with Gasteiger partial charge >= 0.3 is 0 Å². The molecule has 0 aliphatic rings. The second-order valence-electron chi connectivity index (χ2n) is 3.18. The quantitative estimate of drug-likeness (QED) is 0.851. The molecule has 17 heavy (non-hydrogen) atoms. The minimum Gasteiger partial charge on any atom is -0.319 e. The number of aromatic nitrogens is 2. The number of anilines is 1. The van der Waals surface area contributed by atoms with Crippen molar-refractivity contribution in [2.45, 2.75) is 0 Å². The Balaban J connectivity index is 2.20. The van der Waals surface area contributed by atoms with Crippen molar-refractivity contribution in [3.05, 3.63) is 52.5 Å². The smallest absolute Gasteiger partial charge is 0.255 e. The highest BCUT2D eigenvalue weighted by Crippen LogP contribution is 2.20. The van der Waals surface area contributed by atoms with E-state index in [1.807, 2.05) is 0 Å². The fourth-order valence-electron chi connectivity index (χ4n) is 1.21. The fraction of sp³-hybridized carbons (Fsp3) is 0. The van der Waals surface area contributed by atoms with Gasteiger partial charge in [0.15, 0.2) is 0 Å². The third-order valence-corrected chi connectivity index (χ3v) is 2.54. The van der Waals surface area contributed by atoms with E-state index in [-0.39, 0.29) is 11.1 Å². The molecule has 0 unspecified atom stereocenters. The fourth-order valence-corrected chi connectivity index (χ4v) is 1.53. The maximum absolute atomic E-state index is 11.8. The summed E-state index contributed by atoms with van der Waals surface area (Å²) in [5.74, 6) is -0.316. The van der Waals surface area contributed by atoms with E-state index in [9.17, 15) is 4.79 Å². The number of carbonyl (C=O) groups is 1. The Morgan fingerprint density at radius 2 is 2.06 bits per heavy atom. The lowest BCUT2D eigenvalue weighted by atomic mass is 10.2. The van der Waals surface area contributed by atoms with Crippen LogP contribution in [-0.2, 0) is 0 Å². The Hall–Kier alpha value is -1.65. The normalized spacial score (nSPS) is 10.0. The summed E-state index contributed by atoms with van der Waals surface area (Å²) in [6, 6.07) is 4.63. The second kappa shape index (κ2) is 5.12. The van der Waals surface area contributed by atoms with Crippen LogP contribution in [0.2, 0.25) is 10.2 Å². The highest BCUT2D eigenvalue weighted by Gasteiger charge is 2.08. The minimum atomic E-state index is -0.316. The Kier molecular flexibility index (Phi) is 3.56. The molecular formula is C11H7Cl2N3O. The lowest BCUT2D eigenvalue weighted by Crippen LogP contribution is -2.12. The molecule has 0 saturated heterocycles. The van der Waals surface area contributed by atoms with Crippen LogP contribution in [0.3, 0.4) is 0 Å². The van der Waals surface area contributed by atoms with Crippen molar-refractivity contribution in [3.8, 4) is 0 Å². The number of pyridine rings is 2. The van der Waals surface area contributed by atoms with Gasteiger partial charge in [-0.3, -0.25) is 9.78 Å². The predicted octanol–water partition coefficient (Wildman–Crippen LogP) is 3.04. The molecule has 2 rings (SSSR count). The Bertz CT molecular complexity index is 560. The van der Waals surface area contributed by atoms with Crippen LogP contribution in [0, 0.1) is 0 Å². The highest BCUT2D eigenvalue weighted by molar-refractivity contribution is 6.34.